The van der Waals surface area contributed by atoms with Crippen molar-refractivity contribution in [2.45, 2.75) is 25.4 Å². The van der Waals surface area contributed by atoms with Crippen LogP contribution in [0.15, 0.2) is 30.3 Å². The number of benzene rings is 1. The first-order chi connectivity index (χ1) is 12.5. The lowest BCUT2D eigenvalue weighted by Gasteiger charge is -2.34. The summed E-state index contributed by atoms with van der Waals surface area (Å²) in [5.74, 6) is -0.499. The molecular weight excluding hydrogens is 354 g/mol. The molecule has 1 aromatic carbocycles. The molecule has 1 aromatic heterocycles. The van der Waals surface area contributed by atoms with Crippen molar-refractivity contribution in [1.29, 1.82) is 0 Å². The number of rotatable bonds is 5. The van der Waals surface area contributed by atoms with Crippen LogP contribution in [0.5, 0.6) is 0 Å². The number of halogens is 1. The molecule has 2 aromatic rings. The van der Waals surface area contributed by atoms with E-state index in [0.717, 1.165) is 31.5 Å². The summed E-state index contributed by atoms with van der Waals surface area (Å²) in [6, 6.07) is 10.2. The number of nitrogens with two attached hydrogens (primary N) is 2. The lowest BCUT2D eigenvalue weighted by atomic mass is 10.1. The fourth-order valence-electron chi connectivity index (χ4n) is 2.95. The van der Waals surface area contributed by atoms with E-state index in [1.165, 1.54) is 0 Å². The van der Waals surface area contributed by atoms with Crippen LogP contribution < -0.4 is 22.2 Å². The molecule has 1 amide bonds. The maximum absolute atomic E-state index is 12.7. The van der Waals surface area contributed by atoms with Gasteiger partial charge in [0.25, 0.3) is 5.91 Å². The summed E-state index contributed by atoms with van der Waals surface area (Å²) >= 11 is 5.89. The molecule has 9 heteroatoms. The van der Waals surface area contributed by atoms with E-state index < -0.39 is 5.91 Å². The van der Waals surface area contributed by atoms with Gasteiger partial charge in [0.2, 0.25) is 0 Å². The molecular formula is C17H22ClN7O. The molecule has 0 bridgehead atoms. The third kappa shape index (κ3) is 4.40. The van der Waals surface area contributed by atoms with E-state index in [4.69, 9.17) is 23.1 Å². The third-order valence-corrected chi connectivity index (χ3v) is 4.59. The molecule has 2 heterocycles. The third-order valence-electron chi connectivity index (χ3n) is 4.31. The Bertz CT molecular complexity index is 765. The molecule has 0 radical (unpaired) electrons. The van der Waals surface area contributed by atoms with Gasteiger partial charge < -0.3 is 16.8 Å². The second-order valence-corrected chi connectivity index (χ2v) is 6.53. The first-order valence-corrected chi connectivity index (χ1v) is 8.83. The molecule has 26 heavy (non-hydrogen) atoms. The number of amides is 1. The molecule has 1 aliphatic heterocycles. The molecule has 1 saturated heterocycles. The molecule has 0 atom stereocenters. The number of carbonyl (C=O) groups is 1. The molecule has 0 saturated carbocycles. The maximum Gasteiger partial charge on any atom is 0.288 e. The van der Waals surface area contributed by atoms with Gasteiger partial charge in [0.15, 0.2) is 22.5 Å². The van der Waals surface area contributed by atoms with Crippen LogP contribution in [-0.4, -0.2) is 40.0 Å². The second-order valence-electron chi connectivity index (χ2n) is 6.17. The second kappa shape index (κ2) is 8.31. The van der Waals surface area contributed by atoms with E-state index in [-0.39, 0.29) is 28.5 Å². The molecule has 0 spiro atoms. The summed E-state index contributed by atoms with van der Waals surface area (Å²) in [6.07, 6.45) is 1.85. The highest BCUT2D eigenvalue weighted by atomic mass is 35.5. The Hall–Kier alpha value is -2.42. The Morgan fingerprint density at radius 2 is 1.88 bits per heavy atom. The van der Waals surface area contributed by atoms with Crippen molar-refractivity contribution in [3.63, 3.8) is 0 Å². The first-order valence-electron chi connectivity index (χ1n) is 8.45. The van der Waals surface area contributed by atoms with E-state index in [9.17, 15) is 4.79 Å². The van der Waals surface area contributed by atoms with Gasteiger partial charge in [-0.3, -0.25) is 10.2 Å². The first kappa shape index (κ1) is 18.4. The van der Waals surface area contributed by atoms with Crippen LogP contribution in [0.25, 0.3) is 0 Å². The highest BCUT2D eigenvalue weighted by Gasteiger charge is 2.25. The summed E-state index contributed by atoms with van der Waals surface area (Å²) < 4.78 is 0. The molecule has 0 unspecified atom stereocenters. The van der Waals surface area contributed by atoms with Crippen LogP contribution >= 0.6 is 11.6 Å². The monoisotopic (exact) mass is 375 g/mol. The lowest BCUT2D eigenvalue weighted by Crippen LogP contribution is -2.51. The predicted molar refractivity (Wildman–Crippen MR) is 101 cm³/mol. The number of nitrogens with zero attached hydrogens (tertiary/aromatic N) is 3. The van der Waals surface area contributed by atoms with Crippen molar-refractivity contribution in [1.82, 2.24) is 25.7 Å². The Morgan fingerprint density at radius 3 is 2.58 bits per heavy atom. The lowest BCUT2D eigenvalue weighted by molar-refractivity contribution is 0.0587. The minimum atomic E-state index is -0.452. The van der Waals surface area contributed by atoms with Crippen LogP contribution in [0.2, 0.25) is 5.15 Å². The summed E-state index contributed by atoms with van der Waals surface area (Å²) in [5.41, 5.74) is 15.4. The average molecular weight is 376 g/mol. The number of nitrogen functional groups attached to an aromatic ring is 2. The summed E-state index contributed by atoms with van der Waals surface area (Å²) in [6.45, 7) is 2.39. The van der Waals surface area contributed by atoms with Gasteiger partial charge in [-0.25, -0.2) is 15.0 Å². The van der Waals surface area contributed by atoms with Gasteiger partial charge in [0, 0.05) is 12.6 Å². The molecule has 8 nitrogen and oxygen atoms in total. The number of hydrazine groups is 1. The maximum atomic E-state index is 12.7. The topological polar surface area (TPSA) is 122 Å². The van der Waals surface area contributed by atoms with E-state index >= 15 is 0 Å². The largest absolute Gasteiger partial charge is 0.382 e. The van der Waals surface area contributed by atoms with Gasteiger partial charge in [-0.2, -0.15) is 0 Å². The van der Waals surface area contributed by atoms with Gasteiger partial charge >= 0.3 is 0 Å². The van der Waals surface area contributed by atoms with Crippen molar-refractivity contribution < 1.29 is 4.79 Å². The standard InChI is InChI=1S/C17H22ClN7O/c18-14-16(20)23-15(19)13(22-14)17(26)24-25(12-6-8-21-9-7-12)10-11-4-2-1-3-5-11/h1-5,12,21H,6-10H2,(H,24,26)(H4,19,20,23). The van der Waals surface area contributed by atoms with Gasteiger partial charge in [0.05, 0.1) is 0 Å². The number of carbonyl (C=O) groups excluding carboxylic acids is 1. The van der Waals surface area contributed by atoms with Gasteiger partial charge in [-0.15, -0.1) is 0 Å². The highest BCUT2D eigenvalue weighted by molar-refractivity contribution is 6.31. The molecule has 1 aliphatic rings. The Kier molecular flexibility index (Phi) is 5.87. The van der Waals surface area contributed by atoms with Crippen LogP contribution in [0.4, 0.5) is 11.6 Å². The SMILES string of the molecule is Nc1nc(N)c(C(=O)NN(Cc2ccccc2)C2CCNCC2)nc1Cl. The van der Waals surface area contributed by atoms with E-state index in [0.29, 0.717) is 6.54 Å². The van der Waals surface area contributed by atoms with Crippen molar-refractivity contribution in [3.05, 3.63) is 46.7 Å². The molecule has 138 valence electrons. The normalized spacial score (nSPS) is 15.2. The molecule has 1 fully saturated rings. The minimum Gasteiger partial charge on any atom is -0.382 e. The highest BCUT2D eigenvalue weighted by Crippen LogP contribution is 2.19. The van der Waals surface area contributed by atoms with E-state index in [1.54, 1.807) is 0 Å². The zero-order valence-corrected chi connectivity index (χ0v) is 15.0. The van der Waals surface area contributed by atoms with Crippen LogP contribution in [-0.2, 0) is 6.54 Å². The zero-order chi connectivity index (χ0) is 18.5. The Labute approximate surface area is 156 Å². The van der Waals surface area contributed by atoms with Crippen LogP contribution in [0, 0.1) is 0 Å². The van der Waals surface area contributed by atoms with Crippen molar-refractivity contribution in [3.8, 4) is 0 Å². The number of hydrogen-bond acceptors (Lipinski definition) is 7. The summed E-state index contributed by atoms with van der Waals surface area (Å²) in [5, 5.41) is 5.22. The summed E-state index contributed by atoms with van der Waals surface area (Å²) in [4.78, 5) is 20.6. The average Bonchev–Trinajstić information content (AvgIpc) is 2.65. The smallest absolute Gasteiger partial charge is 0.288 e. The minimum absolute atomic E-state index is 0.000197. The Balaban J connectivity index is 1.80. The number of anilines is 2. The Morgan fingerprint density at radius 1 is 1.19 bits per heavy atom. The van der Waals surface area contributed by atoms with Crippen LogP contribution in [0.1, 0.15) is 28.9 Å². The van der Waals surface area contributed by atoms with Crippen molar-refractivity contribution >= 4 is 29.1 Å². The fraction of sp³-hybridized carbons (Fsp3) is 0.353. The number of piperidine rings is 1. The van der Waals surface area contributed by atoms with Gasteiger partial charge in [-0.05, 0) is 31.5 Å². The van der Waals surface area contributed by atoms with Crippen LogP contribution in [0.3, 0.4) is 0 Å². The van der Waals surface area contributed by atoms with Gasteiger partial charge in [-0.1, -0.05) is 41.9 Å². The van der Waals surface area contributed by atoms with E-state index in [1.807, 2.05) is 35.3 Å². The molecule has 3 rings (SSSR count). The summed E-state index contributed by atoms with van der Waals surface area (Å²) in [7, 11) is 0. The molecule has 6 N–H and O–H groups in total. The van der Waals surface area contributed by atoms with Gasteiger partial charge in [0.1, 0.15) is 0 Å². The number of hydrogen-bond donors (Lipinski definition) is 4. The fourth-order valence-corrected chi connectivity index (χ4v) is 3.08. The van der Waals surface area contributed by atoms with Crippen molar-refractivity contribution in [2.75, 3.05) is 24.6 Å². The predicted octanol–water partition coefficient (Wildman–Crippen LogP) is 1.19. The number of aromatic nitrogens is 2. The van der Waals surface area contributed by atoms with E-state index in [2.05, 4.69) is 20.7 Å². The zero-order valence-electron chi connectivity index (χ0n) is 14.3. The van der Waals surface area contributed by atoms with Crippen molar-refractivity contribution in [2.24, 2.45) is 0 Å². The molecule has 0 aliphatic carbocycles. The quantitative estimate of drug-likeness (QED) is 0.579. The number of nitrogens with one attached hydrogen (secondary N) is 2.